The Morgan fingerprint density at radius 2 is 0.615 bits per heavy atom. The molecule has 5 heteroatoms. The van der Waals surface area contributed by atoms with Crippen LogP contribution in [-0.4, -0.2) is 9.97 Å². The van der Waals surface area contributed by atoms with Crippen molar-refractivity contribution in [3.63, 3.8) is 0 Å². The maximum atomic E-state index is 6.60. The van der Waals surface area contributed by atoms with Gasteiger partial charge in [0.25, 0.3) is 0 Å². The molecule has 0 aliphatic heterocycles. The van der Waals surface area contributed by atoms with Crippen LogP contribution in [0.15, 0.2) is 220 Å². The van der Waals surface area contributed by atoms with Gasteiger partial charge in [0.2, 0.25) is 0 Å². The zero-order chi connectivity index (χ0) is 42.6. The van der Waals surface area contributed by atoms with E-state index in [0.717, 1.165) is 144 Å². The van der Waals surface area contributed by atoms with Crippen molar-refractivity contribution < 1.29 is 13.3 Å². The lowest BCUT2D eigenvalue weighted by Gasteiger charge is -2.13. The van der Waals surface area contributed by atoms with E-state index in [-0.39, 0.29) is 0 Å². The molecule has 0 saturated heterocycles. The topological polar surface area (TPSA) is 65.2 Å². The van der Waals surface area contributed by atoms with Gasteiger partial charge in [-0.2, -0.15) is 0 Å². The van der Waals surface area contributed by atoms with Gasteiger partial charge in [-0.05, 0) is 65.2 Å². The van der Waals surface area contributed by atoms with E-state index in [4.69, 9.17) is 23.2 Å². The summed E-state index contributed by atoms with van der Waals surface area (Å²) in [7, 11) is 0. The van der Waals surface area contributed by atoms with Crippen molar-refractivity contribution >= 4 is 87.6 Å². The van der Waals surface area contributed by atoms with Crippen molar-refractivity contribution in [3.8, 4) is 55.9 Å². The lowest BCUT2D eigenvalue weighted by Crippen LogP contribution is -1.92. The molecule has 5 nitrogen and oxygen atoms in total. The highest BCUT2D eigenvalue weighted by atomic mass is 16.3. The number of hydrogen-bond donors (Lipinski definition) is 0. The van der Waals surface area contributed by atoms with Crippen LogP contribution in [0.3, 0.4) is 0 Å². The molecular formula is C60H34N2O3. The lowest BCUT2D eigenvalue weighted by molar-refractivity contribution is 0.669. The molecule has 0 unspecified atom stereocenters. The predicted octanol–water partition coefficient (Wildman–Crippen LogP) is 16.8. The molecule has 0 atom stereocenters. The van der Waals surface area contributed by atoms with E-state index in [1.807, 2.05) is 36.4 Å². The van der Waals surface area contributed by atoms with Crippen molar-refractivity contribution in [3.05, 3.63) is 206 Å². The molecule has 14 aromatic rings. The Labute approximate surface area is 371 Å². The standard InChI is InChI=1S/C60H34N2O3/c1-4-19-53-45(10-1)48-16-7-13-42(58(48)63-53)35-22-24-36(25-23-35)51-30-28-37-26-27-38-29-31-52(62-57(38)56(37)61-51)41-33-39(43-14-8-17-49-46-11-2-5-20-54(46)64-59(43)49)32-40(34-41)44-15-9-18-50-47-12-3-6-21-55(47)65-60(44)50/h1-34H. The summed E-state index contributed by atoms with van der Waals surface area (Å²) in [5, 5.41) is 8.65. The van der Waals surface area contributed by atoms with E-state index in [1.54, 1.807) is 0 Å². The third kappa shape index (κ3) is 5.59. The van der Waals surface area contributed by atoms with Crippen molar-refractivity contribution in [2.75, 3.05) is 0 Å². The molecule has 0 fully saturated rings. The fraction of sp³-hybridized carbons (Fsp3) is 0. The van der Waals surface area contributed by atoms with Crippen LogP contribution in [0.2, 0.25) is 0 Å². The van der Waals surface area contributed by atoms with Crippen LogP contribution in [0.5, 0.6) is 0 Å². The number of nitrogens with zero attached hydrogens (tertiary/aromatic N) is 2. The monoisotopic (exact) mass is 830 g/mol. The number of para-hydroxylation sites is 6. The van der Waals surface area contributed by atoms with E-state index < -0.39 is 0 Å². The van der Waals surface area contributed by atoms with Gasteiger partial charge in [-0.15, -0.1) is 0 Å². The summed E-state index contributed by atoms with van der Waals surface area (Å²) >= 11 is 0. The fourth-order valence-corrected chi connectivity index (χ4v) is 9.92. The third-order valence-electron chi connectivity index (χ3n) is 13.1. The molecule has 5 aromatic heterocycles. The summed E-state index contributed by atoms with van der Waals surface area (Å²) in [6.07, 6.45) is 0. The molecule has 0 aliphatic rings. The number of benzene rings is 9. The molecule has 0 radical (unpaired) electrons. The second kappa shape index (κ2) is 13.9. The Morgan fingerprint density at radius 3 is 1.08 bits per heavy atom. The normalized spacial score (nSPS) is 12.0. The van der Waals surface area contributed by atoms with Crippen LogP contribution >= 0.6 is 0 Å². The van der Waals surface area contributed by atoms with E-state index in [2.05, 4.69) is 170 Å². The molecule has 0 saturated carbocycles. The van der Waals surface area contributed by atoms with Gasteiger partial charge in [0.15, 0.2) is 0 Å². The van der Waals surface area contributed by atoms with Gasteiger partial charge >= 0.3 is 0 Å². The van der Waals surface area contributed by atoms with Gasteiger partial charge in [-0.25, -0.2) is 9.97 Å². The number of fused-ring (bicyclic) bond motifs is 12. The van der Waals surface area contributed by atoms with E-state index in [9.17, 15) is 0 Å². The van der Waals surface area contributed by atoms with Crippen LogP contribution in [0.1, 0.15) is 0 Å². The van der Waals surface area contributed by atoms with Gasteiger partial charge in [0.05, 0.1) is 22.4 Å². The largest absolute Gasteiger partial charge is 0.455 e. The van der Waals surface area contributed by atoms with E-state index in [1.165, 1.54) is 0 Å². The summed E-state index contributed by atoms with van der Waals surface area (Å²) in [4.78, 5) is 10.8. The van der Waals surface area contributed by atoms with Crippen molar-refractivity contribution in [2.45, 2.75) is 0 Å². The average molecular weight is 831 g/mol. The molecule has 65 heavy (non-hydrogen) atoms. The molecule has 0 bridgehead atoms. The molecule has 9 aromatic carbocycles. The Kier molecular flexibility index (Phi) is 7.62. The summed E-state index contributed by atoms with van der Waals surface area (Å²) in [5.41, 5.74) is 16.9. The van der Waals surface area contributed by atoms with Gasteiger partial charge in [0, 0.05) is 70.9 Å². The molecule has 5 heterocycles. The molecule has 14 rings (SSSR count). The highest BCUT2D eigenvalue weighted by Crippen LogP contribution is 2.43. The minimum Gasteiger partial charge on any atom is -0.455 e. The summed E-state index contributed by atoms with van der Waals surface area (Å²) in [5.74, 6) is 0. The number of furan rings is 3. The van der Waals surface area contributed by atoms with Crippen molar-refractivity contribution in [1.82, 2.24) is 9.97 Å². The Balaban J connectivity index is 0.918. The zero-order valence-electron chi connectivity index (χ0n) is 34.7. The molecule has 0 N–H and O–H groups in total. The van der Waals surface area contributed by atoms with Crippen molar-refractivity contribution in [1.29, 1.82) is 0 Å². The quantitative estimate of drug-likeness (QED) is 0.162. The first-order valence-electron chi connectivity index (χ1n) is 21.9. The number of pyridine rings is 2. The van der Waals surface area contributed by atoms with Gasteiger partial charge in [-0.1, -0.05) is 158 Å². The van der Waals surface area contributed by atoms with Crippen LogP contribution in [0.4, 0.5) is 0 Å². The van der Waals surface area contributed by atoms with Crippen LogP contribution < -0.4 is 0 Å². The molecular weight excluding hydrogens is 797 g/mol. The van der Waals surface area contributed by atoms with Gasteiger partial charge in [0.1, 0.15) is 33.5 Å². The Bertz CT molecular complexity index is 4120. The van der Waals surface area contributed by atoms with Crippen molar-refractivity contribution in [2.24, 2.45) is 0 Å². The summed E-state index contributed by atoms with van der Waals surface area (Å²) in [6.45, 7) is 0. The number of hydrogen-bond acceptors (Lipinski definition) is 5. The summed E-state index contributed by atoms with van der Waals surface area (Å²) in [6, 6.07) is 71.9. The average Bonchev–Trinajstić information content (AvgIpc) is 4.08. The minimum absolute atomic E-state index is 0.845. The number of aromatic nitrogens is 2. The Hall–Kier alpha value is -8.80. The second-order valence-corrected chi connectivity index (χ2v) is 16.8. The Morgan fingerprint density at radius 1 is 0.262 bits per heavy atom. The highest BCUT2D eigenvalue weighted by molar-refractivity contribution is 6.13. The lowest BCUT2D eigenvalue weighted by atomic mass is 9.93. The van der Waals surface area contributed by atoms with Crippen LogP contribution in [-0.2, 0) is 0 Å². The highest BCUT2D eigenvalue weighted by Gasteiger charge is 2.19. The number of rotatable bonds is 5. The fourth-order valence-electron chi connectivity index (χ4n) is 9.92. The van der Waals surface area contributed by atoms with Crippen LogP contribution in [0.25, 0.3) is 144 Å². The van der Waals surface area contributed by atoms with Gasteiger partial charge in [-0.3, -0.25) is 0 Å². The maximum absolute atomic E-state index is 6.60. The smallest absolute Gasteiger partial charge is 0.143 e. The second-order valence-electron chi connectivity index (χ2n) is 16.8. The first kappa shape index (κ1) is 35.8. The van der Waals surface area contributed by atoms with E-state index in [0.29, 0.717) is 0 Å². The maximum Gasteiger partial charge on any atom is 0.143 e. The van der Waals surface area contributed by atoms with E-state index >= 15 is 0 Å². The molecule has 0 spiro atoms. The van der Waals surface area contributed by atoms with Crippen LogP contribution in [0, 0.1) is 0 Å². The molecule has 0 aliphatic carbocycles. The predicted molar refractivity (Wildman–Crippen MR) is 266 cm³/mol. The van der Waals surface area contributed by atoms with Gasteiger partial charge < -0.3 is 13.3 Å². The minimum atomic E-state index is 0.845. The molecule has 0 amide bonds. The first-order valence-corrected chi connectivity index (χ1v) is 21.9. The third-order valence-corrected chi connectivity index (χ3v) is 13.1. The first-order chi connectivity index (χ1) is 32.2. The summed E-state index contributed by atoms with van der Waals surface area (Å²) < 4.78 is 19.6. The zero-order valence-corrected chi connectivity index (χ0v) is 34.7. The molecule has 302 valence electrons. The SMILES string of the molecule is c1ccc2c(c1)oc1c(-c3ccc(-c4ccc5ccc6ccc(-c7cc(-c8cccc9c8oc8ccccc89)cc(-c8cccc9c8oc8ccccc89)c7)nc6c5n4)cc3)cccc12.